The molecule has 1 aliphatic carbocycles. The maximum Gasteiger partial charge on any atom is 0.255 e. The molecule has 1 aliphatic rings. The van der Waals surface area contributed by atoms with Crippen LogP contribution >= 0.6 is 0 Å². The summed E-state index contributed by atoms with van der Waals surface area (Å²) in [5.41, 5.74) is 7.18. The molecule has 104 valence electrons. The van der Waals surface area contributed by atoms with Gasteiger partial charge in [-0.3, -0.25) is 4.79 Å². The van der Waals surface area contributed by atoms with Gasteiger partial charge in [-0.1, -0.05) is 25.0 Å². The van der Waals surface area contributed by atoms with Gasteiger partial charge >= 0.3 is 0 Å². The Kier molecular flexibility index (Phi) is 3.80. The average molecular weight is 262 g/mol. The largest absolute Gasteiger partial charge is 0.398 e. The second-order valence-corrected chi connectivity index (χ2v) is 5.63. The second kappa shape index (κ2) is 5.21. The van der Waals surface area contributed by atoms with E-state index in [-0.39, 0.29) is 5.91 Å². The van der Waals surface area contributed by atoms with E-state index in [1.54, 1.807) is 18.0 Å². The Morgan fingerprint density at radius 3 is 2.68 bits per heavy atom. The Morgan fingerprint density at radius 1 is 1.42 bits per heavy atom. The quantitative estimate of drug-likeness (QED) is 0.818. The summed E-state index contributed by atoms with van der Waals surface area (Å²) in [6.07, 6.45) is 3.61. The van der Waals surface area contributed by atoms with Crippen molar-refractivity contribution < 1.29 is 9.90 Å². The van der Waals surface area contributed by atoms with Gasteiger partial charge in [0.05, 0.1) is 11.2 Å². The Hall–Kier alpha value is -1.55. The molecule has 1 fully saturated rings. The lowest BCUT2D eigenvalue weighted by Gasteiger charge is -2.29. The monoisotopic (exact) mass is 262 g/mol. The first-order valence-electron chi connectivity index (χ1n) is 6.76. The van der Waals surface area contributed by atoms with Crippen molar-refractivity contribution in [1.29, 1.82) is 0 Å². The fourth-order valence-electron chi connectivity index (χ4n) is 2.78. The molecule has 4 heteroatoms. The summed E-state index contributed by atoms with van der Waals surface area (Å²) in [6.45, 7) is 2.26. The van der Waals surface area contributed by atoms with Crippen molar-refractivity contribution >= 4 is 11.6 Å². The zero-order valence-electron chi connectivity index (χ0n) is 11.6. The molecule has 0 spiro atoms. The minimum Gasteiger partial charge on any atom is -0.398 e. The number of carbonyl (C=O) groups is 1. The molecule has 0 heterocycles. The summed E-state index contributed by atoms with van der Waals surface area (Å²) in [6, 6.07) is 5.45. The van der Waals surface area contributed by atoms with Crippen LogP contribution in [0, 0.1) is 6.92 Å². The maximum absolute atomic E-state index is 12.4. The van der Waals surface area contributed by atoms with Gasteiger partial charge in [-0.15, -0.1) is 0 Å². The normalized spacial score (nSPS) is 17.4. The van der Waals surface area contributed by atoms with Crippen molar-refractivity contribution in [2.75, 3.05) is 19.3 Å². The average Bonchev–Trinajstić information content (AvgIpc) is 2.78. The molecule has 0 aliphatic heterocycles. The summed E-state index contributed by atoms with van der Waals surface area (Å²) >= 11 is 0. The van der Waals surface area contributed by atoms with Crippen molar-refractivity contribution in [2.24, 2.45) is 0 Å². The zero-order valence-corrected chi connectivity index (χ0v) is 11.6. The molecule has 3 N–H and O–H groups in total. The van der Waals surface area contributed by atoms with E-state index in [1.165, 1.54) is 0 Å². The number of aryl methyl sites for hydroxylation is 1. The van der Waals surface area contributed by atoms with E-state index in [9.17, 15) is 9.90 Å². The van der Waals surface area contributed by atoms with Gasteiger partial charge in [0.1, 0.15) is 0 Å². The minimum absolute atomic E-state index is 0.124. The number of carbonyl (C=O) groups excluding carboxylic acids is 1. The third-order valence-corrected chi connectivity index (χ3v) is 3.97. The van der Waals surface area contributed by atoms with E-state index >= 15 is 0 Å². The molecular formula is C15H22N2O2. The summed E-state index contributed by atoms with van der Waals surface area (Å²) < 4.78 is 0. The van der Waals surface area contributed by atoms with Gasteiger partial charge in [-0.25, -0.2) is 0 Å². The molecule has 0 aromatic heterocycles. The van der Waals surface area contributed by atoms with E-state index < -0.39 is 5.60 Å². The number of amides is 1. The number of aliphatic hydroxyl groups is 1. The number of nitrogens with zero attached hydrogens (tertiary/aromatic N) is 1. The van der Waals surface area contributed by atoms with Gasteiger partial charge in [0.2, 0.25) is 0 Å². The highest BCUT2D eigenvalue weighted by Gasteiger charge is 2.33. The molecule has 1 aromatic carbocycles. The van der Waals surface area contributed by atoms with Gasteiger partial charge < -0.3 is 15.7 Å². The highest BCUT2D eigenvalue weighted by molar-refractivity contribution is 5.99. The zero-order chi connectivity index (χ0) is 14.0. The molecule has 19 heavy (non-hydrogen) atoms. The molecule has 4 nitrogen and oxygen atoms in total. The Labute approximate surface area is 114 Å². The molecule has 0 unspecified atom stereocenters. The summed E-state index contributed by atoms with van der Waals surface area (Å²) in [5.74, 6) is -0.124. The Bertz CT molecular complexity index is 479. The van der Waals surface area contributed by atoms with Gasteiger partial charge in [-0.2, -0.15) is 0 Å². The molecule has 0 bridgehead atoms. The van der Waals surface area contributed by atoms with Crippen LogP contribution < -0.4 is 5.73 Å². The lowest BCUT2D eigenvalue weighted by molar-refractivity contribution is 0.0157. The Balaban J connectivity index is 2.12. The lowest BCUT2D eigenvalue weighted by atomic mass is 10.0. The number of anilines is 1. The molecule has 0 atom stereocenters. The van der Waals surface area contributed by atoms with Gasteiger partial charge in [0.15, 0.2) is 0 Å². The number of para-hydroxylation sites is 1. The van der Waals surface area contributed by atoms with Crippen LogP contribution in [0.5, 0.6) is 0 Å². The fourth-order valence-corrected chi connectivity index (χ4v) is 2.78. The van der Waals surface area contributed by atoms with Crippen LogP contribution in [0.3, 0.4) is 0 Å². The summed E-state index contributed by atoms with van der Waals surface area (Å²) in [4.78, 5) is 14.0. The standard InChI is InChI=1S/C15H22N2O2/c1-11-6-5-7-12(13(11)16)14(18)17(2)10-15(19)8-3-4-9-15/h5-7,19H,3-4,8-10,16H2,1-2H3. The fraction of sp³-hybridized carbons (Fsp3) is 0.533. The Morgan fingerprint density at radius 2 is 2.05 bits per heavy atom. The van der Waals surface area contributed by atoms with E-state index in [1.807, 2.05) is 19.1 Å². The molecule has 1 aromatic rings. The number of benzene rings is 1. The summed E-state index contributed by atoms with van der Waals surface area (Å²) in [7, 11) is 1.72. The third-order valence-electron chi connectivity index (χ3n) is 3.97. The van der Waals surface area contributed by atoms with Crippen LogP contribution in [-0.2, 0) is 0 Å². The molecular weight excluding hydrogens is 240 g/mol. The van der Waals surface area contributed by atoms with Crippen LogP contribution in [0.15, 0.2) is 18.2 Å². The predicted molar refractivity (Wildman–Crippen MR) is 76.0 cm³/mol. The smallest absolute Gasteiger partial charge is 0.255 e. The van der Waals surface area contributed by atoms with Crippen molar-refractivity contribution in [3.05, 3.63) is 29.3 Å². The van der Waals surface area contributed by atoms with Gasteiger partial charge in [0, 0.05) is 19.3 Å². The van der Waals surface area contributed by atoms with Crippen LogP contribution in [0.25, 0.3) is 0 Å². The van der Waals surface area contributed by atoms with Crippen LogP contribution in [0.2, 0.25) is 0 Å². The maximum atomic E-state index is 12.4. The van der Waals surface area contributed by atoms with Crippen molar-refractivity contribution in [1.82, 2.24) is 4.90 Å². The van der Waals surface area contributed by atoms with Crippen molar-refractivity contribution in [3.63, 3.8) is 0 Å². The predicted octanol–water partition coefficient (Wildman–Crippen LogP) is 1.95. The van der Waals surface area contributed by atoms with Crippen LogP contribution in [0.1, 0.15) is 41.6 Å². The number of nitrogen functional groups attached to an aromatic ring is 1. The lowest BCUT2D eigenvalue weighted by Crippen LogP contribution is -2.42. The number of nitrogens with two attached hydrogens (primary N) is 1. The first kappa shape index (κ1) is 13.9. The first-order chi connectivity index (χ1) is 8.93. The van der Waals surface area contributed by atoms with E-state index in [2.05, 4.69) is 0 Å². The third kappa shape index (κ3) is 2.89. The van der Waals surface area contributed by atoms with Gasteiger partial charge in [0.25, 0.3) is 5.91 Å². The number of likely N-dealkylation sites (N-methyl/N-ethyl adjacent to an activating group) is 1. The SMILES string of the molecule is Cc1cccc(C(=O)N(C)CC2(O)CCCC2)c1N. The van der Waals surface area contributed by atoms with Crippen molar-refractivity contribution in [3.8, 4) is 0 Å². The van der Waals surface area contributed by atoms with E-state index in [0.29, 0.717) is 17.8 Å². The van der Waals surface area contributed by atoms with Gasteiger partial charge in [-0.05, 0) is 31.4 Å². The molecule has 1 saturated carbocycles. The number of rotatable bonds is 3. The molecule has 1 amide bonds. The first-order valence-corrected chi connectivity index (χ1v) is 6.76. The summed E-state index contributed by atoms with van der Waals surface area (Å²) in [5, 5.41) is 10.4. The number of hydrogen-bond donors (Lipinski definition) is 2. The topological polar surface area (TPSA) is 66.6 Å². The molecule has 0 radical (unpaired) electrons. The number of hydrogen-bond acceptors (Lipinski definition) is 3. The van der Waals surface area contributed by atoms with Crippen molar-refractivity contribution in [2.45, 2.75) is 38.2 Å². The highest BCUT2D eigenvalue weighted by Crippen LogP contribution is 2.30. The molecule has 2 rings (SSSR count). The molecule has 0 saturated heterocycles. The van der Waals surface area contributed by atoms with E-state index in [4.69, 9.17) is 5.73 Å². The van der Waals surface area contributed by atoms with Crippen LogP contribution in [-0.4, -0.2) is 35.1 Å². The minimum atomic E-state index is -0.719. The second-order valence-electron chi connectivity index (χ2n) is 5.63. The highest BCUT2D eigenvalue weighted by atomic mass is 16.3. The van der Waals surface area contributed by atoms with E-state index in [0.717, 1.165) is 31.2 Å². The van der Waals surface area contributed by atoms with Crippen LogP contribution in [0.4, 0.5) is 5.69 Å².